The first kappa shape index (κ1) is 17.7. The van der Waals surface area contributed by atoms with Gasteiger partial charge in [0.1, 0.15) is 12.2 Å². The molecule has 0 N–H and O–H groups in total. The second kappa shape index (κ2) is 8.82. The number of rotatable bonds is 8. The predicted molar refractivity (Wildman–Crippen MR) is 92.4 cm³/mol. The molecule has 0 heterocycles. The van der Waals surface area contributed by atoms with Crippen molar-refractivity contribution in [3.05, 3.63) is 71.8 Å². The lowest BCUT2D eigenvalue weighted by molar-refractivity contribution is -0.121. The number of benzene rings is 2. The van der Waals surface area contributed by atoms with Crippen LogP contribution in [-0.2, 0) is 14.2 Å². The van der Waals surface area contributed by atoms with Gasteiger partial charge in [-0.05, 0) is 25.0 Å². The Hall–Kier alpha value is -1.68. The maximum absolute atomic E-state index is 6.22. The molecular formula is C20H26O3. The molecule has 3 heteroatoms. The molecule has 0 aliphatic carbocycles. The van der Waals surface area contributed by atoms with Crippen molar-refractivity contribution in [1.82, 2.24) is 0 Å². The van der Waals surface area contributed by atoms with Crippen LogP contribution in [0.4, 0.5) is 0 Å². The van der Waals surface area contributed by atoms with E-state index in [1.807, 2.05) is 50.2 Å². The molecule has 124 valence electrons. The first-order chi connectivity index (χ1) is 11.2. The predicted octanol–water partition coefficient (Wildman–Crippen LogP) is 4.56. The van der Waals surface area contributed by atoms with Crippen molar-refractivity contribution in [3.8, 4) is 0 Å². The number of hydrogen-bond acceptors (Lipinski definition) is 3. The van der Waals surface area contributed by atoms with Crippen molar-refractivity contribution >= 4 is 0 Å². The molecule has 23 heavy (non-hydrogen) atoms. The van der Waals surface area contributed by atoms with E-state index in [1.54, 1.807) is 14.2 Å². The van der Waals surface area contributed by atoms with Gasteiger partial charge in [-0.15, -0.1) is 0 Å². The fourth-order valence-corrected chi connectivity index (χ4v) is 2.96. The average Bonchev–Trinajstić information content (AvgIpc) is 2.58. The fraction of sp³-hybridized carbons (Fsp3) is 0.400. The third-order valence-electron chi connectivity index (χ3n) is 4.05. The summed E-state index contributed by atoms with van der Waals surface area (Å²) in [5.74, 6) is 0. The summed E-state index contributed by atoms with van der Waals surface area (Å²) in [6.07, 6.45) is -0.378. The molecule has 0 radical (unpaired) electrons. The first-order valence-electron chi connectivity index (χ1n) is 7.98. The van der Waals surface area contributed by atoms with Crippen LogP contribution >= 0.6 is 0 Å². The van der Waals surface area contributed by atoms with Crippen molar-refractivity contribution in [2.24, 2.45) is 0 Å². The average molecular weight is 314 g/mol. The zero-order chi connectivity index (χ0) is 16.7. The summed E-state index contributed by atoms with van der Waals surface area (Å²) in [7, 11) is 3.43. The molecule has 4 unspecified atom stereocenters. The summed E-state index contributed by atoms with van der Waals surface area (Å²) < 4.78 is 17.5. The van der Waals surface area contributed by atoms with E-state index < -0.39 is 0 Å². The Morgan fingerprint density at radius 3 is 1.26 bits per heavy atom. The van der Waals surface area contributed by atoms with Gasteiger partial charge in [-0.1, -0.05) is 60.7 Å². The van der Waals surface area contributed by atoms with Gasteiger partial charge in [0.15, 0.2) is 0 Å². The SMILES string of the molecule is COC(c1ccccc1)C(C)OC(C)C(OC)c1ccccc1. The highest BCUT2D eigenvalue weighted by Gasteiger charge is 2.26. The molecule has 0 saturated carbocycles. The van der Waals surface area contributed by atoms with Gasteiger partial charge in [-0.2, -0.15) is 0 Å². The molecule has 0 aliphatic heterocycles. The quantitative estimate of drug-likeness (QED) is 0.715. The van der Waals surface area contributed by atoms with E-state index in [-0.39, 0.29) is 24.4 Å². The van der Waals surface area contributed by atoms with Crippen LogP contribution in [0.3, 0.4) is 0 Å². The normalized spacial score (nSPS) is 16.5. The number of hydrogen-bond donors (Lipinski definition) is 0. The van der Waals surface area contributed by atoms with E-state index in [1.165, 1.54) is 0 Å². The summed E-state index contributed by atoms with van der Waals surface area (Å²) in [5.41, 5.74) is 2.23. The third-order valence-corrected chi connectivity index (χ3v) is 4.05. The summed E-state index contributed by atoms with van der Waals surface area (Å²) in [5, 5.41) is 0. The lowest BCUT2D eigenvalue weighted by Gasteiger charge is -2.30. The summed E-state index contributed by atoms with van der Waals surface area (Å²) >= 11 is 0. The van der Waals surface area contributed by atoms with Gasteiger partial charge in [-0.25, -0.2) is 0 Å². The van der Waals surface area contributed by atoms with Gasteiger partial charge < -0.3 is 14.2 Å². The fourth-order valence-electron chi connectivity index (χ4n) is 2.96. The van der Waals surface area contributed by atoms with Crippen LogP contribution in [0, 0.1) is 0 Å². The minimum absolute atomic E-state index is 0.0845. The zero-order valence-electron chi connectivity index (χ0n) is 14.3. The van der Waals surface area contributed by atoms with Gasteiger partial charge >= 0.3 is 0 Å². The molecule has 3 nitrogen and oxygen atoms in total. The lowest BCUT2D eigenvalue weighted by Crippen LogP contribution is -2.29. The van der Waals surface area contributed by atoms with E-state index in [4.69, 9.17) is 14.2 Å². The largest absolute Gasteiger partial charge is 0.374 e. The van der Waals surface area contributed by atoms with Crippen molar-refractivity contribution in [3.63, 3.8) is 0 Å². The van der Waals surface area contributed by atoms with E-state index in [2.05, 4.69) is 24.3 Å². The molecule has 2 aromatic carbocycles. The maximum Gasteiger partial charge on any atom is 0.108 e. The van der Waals surface area contributed by atoms with Crippen LogP contribution in [0.25, 0.3) is 0 Å². The molecule has 0 amide bonds. The Kier molecular flexibility index (Phi) is 6.78. The molecule has 0 aliphatic rings. The summed E-state index contributed by atoms with van der Waals surface area (Å²) in [4.78, 5) is 0. The van der Waals surface area contributed by atoms with Gasteiger partial charge in [-0.3, -0.25) is 0 Å². The van der Waals surface area contributed by atoms with E-state index in [0.29, 0.717) is 0 Å². The summed E-state index contributed by atoms with van der Waals surface area (Å²) in [6.45, 7) is 4.07. The minimum Gasteiger partial charge on any atom is -0.374 e. The molecule has 0 bridgehead atoms. The first-order valence-corrected chi connectivity index (χ1v) is 7.98. The van der Waals surface area contributed by atoms with Gasteiger partial charge in [0.25, 0.3) is 0 Å². The van der Waals surface area contributed by atoms with Crippen molar-refractivity contribution in [2.45, 2.75) is 38.3 Å². The second-order valence-corrected chi connectivity index (χ2v) is 5.68. The van der Waals surface area contributed by atoms with Crippen LogP contribution in [0.1, 0.15) is 37.2 Å². The van der Waals surface area contributed by atoms with Crippen LogP contribution in [0.15, 0.2) is 60.7 Å². The van der Waals surface area contributed by atoms with Gasteiger partial charge in [0, 0.05) is 14.2 Å². The molecule has 4 atom stereocenters. The molecule has 2 rings (SSSR count). The lowest BCUT2D eigenvalue weighted by atomic mass is 10.0. The van der Waals surface area contributed by atoms with E-state index >= 15 is 0 Å². The Balaban J connectivity index is 2.07. The molecule has 0 aromatic heterocycles. The van der Waals surface area contributed by atoms with Crippen LogP contribution in [0.5, 0.6) is 0 Å². The van der Waals surface area contributed by atoms with E-state index in [9.17, 15) is 0 Å². The molecule has 0 spiro atoms. The molecule has 2 aromatic rings. The standard InChI is InChI=1S/C20H26O3/c1-15(19(21-3)17-11-7-5-8-12-17)23-16(2)20(22-4)18-13-9-6-10-14-18/h5-16,19-20H,1-4H3. The molecule has 0 fully saturated rings. The Morgan fingerprint density at radius 1 is 0.609 bits per heavy atom. The summed E-state index contributed by atoms with van der Waals surface area (Å²) in [6, 6.07) is 20.3. The highest BCUT2D eigenvalue weighted by molar-refractivity contribution is 5.20. The molecular weight excluding hydrogens is 288 g/mol. The third kappa shape index (κ3) is 4.64. The Labute approximate surface area is 139 Å². The van der Waals surface area contributed by atoms with Crippen molar-refractivity contribution in [1.29, 1.82) is 0 Å². The van der Waals surface area contributed by atoms with Crippen LogP contribution < -0.4 is 0 Å². The van der Waals surface area contributed by atoms with Crippen LogP contribution in [0.2, 0.25) is 0 Å². The van der Waals surface area contributed by atoms with Crippen molar-refractivity contribution in [2.75, 3.05) is 14.2 Å². The topological polar surface area (TPSA) is 27.7 Å². The Morgan fingerprint density at radius 2 is 0.957 bits per heavy atom. The maximum atomic E-state index is 6.22. The van der Waals surface area contributed by atoms with Gasteiger partial charge in [0.05, 0.1) is 12.2 Å². The number of ether oxygens (including phenoxy) is 3. The van der Waals surface area contributed by atoms with Crippen molar-refractivity contribution < 1.29 is 14.2 Å². The van der Waals surface area contributed by atoms with Crippen LogP contribution in [-0.4, -0.2) is 26.4 Å². The zero-order valence-corrected chi connectivity index (χ0v) is 14.3. The smallest absolute Gasteiger partial charge is 0.108 e. The van der Waals surface area contributed by atoms with E-state index in [0.717, 1.165) is 11.1 Å². The highest BCUT2D eigenvalue weighted by Crippen LogP contribution is 2.28. The monoisotopic (exact) mass is 314 g/mol. The Bertz CT molecular complexity index is 504. The van der Waals surface area contributed by atoms with Gasteiger partial charge in [0.2, 0.25) is 0 Å². The number of methoxy groups -OCH3 is 2. The molecule has 0 saturated heterocycles. The second-order valence-electron chi connectivity index (χ2n) is 5.68. The minimum atomic E-state index is -0.105. The highest BCUT2D eigenvalue weighted by atomic mass is 16.6.